The Morgan fingerprint density at radius 3 is 2.68 bits per heavy atom. The number of hydrogen-bond donors (Lipinski definition) is 0. The molecule has 1 aliphatic rings. The maximum atomic E-state index is 5.94. The summed E-state index contributed by atoms with van der Waals surface area (Å²) in [6.07, 6.45) is 3.47. The zero-order chi connectivity index (χ0) is 18.0. The van der Waals surface area contributed by atoms with Gasteiger partial charge in [-0.1, -0.05) is 20.8 Å². The van der Waals surface area contributed by atoms with Gasteiger partial charge in [0.15, 0.2) is 0 Å². The minimum atomic E-state index is -0.106. The van der Waals surface area contributed by atoms with Crippen LogP contribution in [0.15, 0.2) is 22.6 Å². The quantitative estimate of drug-likeness (QED) is 0.815. The number of rotatable bonds is 4. The summed E-state index contributed by atoms with van der Waals surface area (Å²) in [4.78, 5) is 12.0. The third-order valence-electron chi connectivity index (χ3n) is 4.62. The summed E-state index contributed by atoms with van der Waals surface area (Å²) in [7, 11) is 1.70. The van der Waals surface area contributed by atoms with E-state index in [1.807, 2.05) is 13.0 Å². The summed E-state index contributed by atoms with van der Waals surface area (Å²) in [6.45, 7) is 9.91. The van der Waals surface area contributed by atoms with Crippen LogP contribution in [0.2, 0.25) is 0 Å². The topological polar surface area (TPSA) is 51.4 Å². The summed E-state index contributed by atoms with van der Waals surface area (Å²) in [5.74, 6) is 3.82. The second kappa shape index (κ2) is 7.16. The van der Waals surface area contributed by atoms with Crippen molar-refractivity contribution in [2.45, 2.75) is 65.0 Å². The van der Waals surface area contributed by atoms with Crippen LogP contribution < -0.4 is 4.90 Å². The molecule has 5 heteroatoms. The molecule has 0 N–H and O–H groups in total. The largest absolute Gasteiger partial charge is 0.464 e. The third kappa shape index (κ3) is 4.03. The SMILES string of the molecule is COCc1cc(N2CCCCC2c2ccc(C)o2)nc(C(C)(C)C)n1. The summed E-state index contributed by atoms with van der Waals surface area (Å²) in [5.41, 5.74) is 0.822. The lowest BCUT2D eigenvalue weighted by atomic mass is 9.95. The fraction of sp³-hybridized carbons (Fsp3) is 0.600. The number of piperidine rings is 1. The van der Waals surface area contributed by atoms with E-state index in [0.29, 0.717) is 6.61 Å². The molecule has 0 amide bonds. The third-order valence-corrected chi connectivity index (χ3v) is 4.62. The van der Waals surface area contributed by atoms with E-state index in [2.05, 4.69) is 37.8 Å². The Balaban J connectivity index is 2.01. The average molecular weight is 343 g/mol. The van der Waals surface area contributed by atoms with Crippen molar-refractivity contribution in [2.75, 3.05) is 18.6 Å². The minimum absolute atomic E-state index is 0.106. The van der Waals surface area contributed by atoms with Crippen LogP contribution in [-0.2, 0) is 16.8 Å². The monoisotopic (exact) mass is 343 g/mol. The average Bonchev–Trinajstić information content (AvgIpc) is 3.00. The van der Waals surface area contributed by atoms with Gasteiger partial charge in [-0.2, -0.15) is 0 Å². The first-order chi connectivity index (χ1) is 11.9. The van der Waals surface area contributed by atoms with E-state index < -0.39 is 0 Å². The van der Waals surface area contributed by atoms with E-state index in [9.17, 15) is 0 Å². The minimum Gasteiger partial charge on any atom is -0.464 e. The highest BCUT2D eigenvalue weighted by Crippen LogP contribution is 2.36. The lowest BCUT2D eigenvalue weighted by Crippen LogP contribution is -2.34. The second-order valence-electron chi connectivity index (χ2n) is 7.88. The first-order valence-corrected chi connectivity index (χ1v) is 9.09. The number of furan rings is 1. The highest BCUT2D eigenvalue weighted by Gasteiger charge is 2.29. The Kier molecular flexibility index (Phi) is 5.13. The van der Waals surface area contributed by atoms with Crippen molar-refractivity contribution in [2.24, 2.45) is 0 Å². The number of aryl methyl sites for hydroxylation is 1. The Labute approximate surface area is 150 Å². The number of aromatic nitrogens is 2. The van der Waals surface area contributed by atoms with E-state index in [-0.39, 0.29) is 11.5 Å². The Morgan fingerprint density at radius 2 is 2.04 bits per heavy atom. The number of ether oxygens (including phenoxy) is 1. The van der Waals surface area contributed by atoms with Gasteiger partial charge in [-0.3, -0.25) is 0 Å². The molecule has 2 aromatic heterocycles. The second-order valence-corrected chi connectivity index (χ2v) is 7.88. The molecule has 1 fully saturated rings. The molecule has 0 saturated carbocycles. The molecular weight excluding hydrogens is 314 g/mol. The molecular formula is C20H29N3O2. The summed E-state index contributed by atoms with van der Waals surface area (Å²) < 4.78 is 11.3. The summed E-state index contributed by atoms with van der Waals surface area (Å²) in [5, 5.41) is 0. The molecule has 0 bridgehead atoms. The van der Waals surface area contributed by atoms with Crippen LogP contribution in [0.25, 0.3) is 0 Å². The number of hydrogen-bond acceptors (Lipinski definition) is 5. The Hall–Kier alpha value is -1.88. The number of methoxy groups -OCH3 is 1. The van der Waals surface area contributed by atoms with Crippen LogP contribution >= 0.6 is 0 Å². The van der Waals surface area contributed by atoms with Crippen molar-refractivity contribution in [1.29, 1.82) is 0 Å². The lowest BCUT2D eigenvalue weighted by Gasteiger charge is -2.36. The molecule has 5 nitrogen and oxygen atoms in total. The van der Waals surface area contributed by atoms with Crippen molar-refractivity contribution in [1.82, 2.24) is 9.97 Å². The molecule has 1 atom stereocenters. The molecule has 1 unspecified atom stereocenters. The van der Waals surface area contributed by atoms with Crippen LogP contribution in [0, 0.1) is 6.92 Å². The van der Waals surface area contributed by atoms with Gasteiger partial charge in [-0.25, -0.2) is 9.97 Å². The maximum Gasteiger partial charge on any atom is 0.136 e. The van der Waals surface area contributed by atoms with Gasteiger partial charge in [-0.15, -0.1) is 0 Å². The Bertz CT molecular complexity index is 718. The molecule has 1 aliphatic heterocycles. The number of anilines is 1. The fourth-order valence-electron chi connectivity index (χ4n) is 3.32. The number of nitrogens with zero attached hydrogens (tertiary/aromatic N) is 3. The fourth-order valence-corrected chi connectivity index (χ4v) is 3.32. The molecule has 0 aromatic carbocycles. The zero-order valence-electron chi connectivity index (χ0n) is 16.0. The molecule has 3 rings (SSSR count). The van der Waals surface area contributed by atoms with E-state index in [1.54, 1.807) is 7.11 Å². The van der Waals surface area contributed by atoms with Gasteiger partial charge in [0.1, 0.15) is 23.2 Å². The summed E-state index contributed by atoms with van der Waals surface area (Å²) >= 11 is 0. The first-order valence-electron chi connectivity index (χ1n) is 9.09. The summed E-state index contributed by atoms with van der Waals surface area (Å²) in [6, 6.07) is 6.44. The van der Waals surface area contributed by atoms with Gasteiger partial charge in [-0.05, 0) is 38.3 Å². The van der Waals surface area contributed by atoms with E-state index >= 15 is 0 Å². The van der Waals surface area contributed by atoms with Crippen molar-refractivity contribution in [3.63, 3.8) is 0 Å². The van der Waals surface area contributed by atoms with E-state index in [1.165, 1.54) is 12.8 Å². The van der Waals surface area contributed by atoms with E-state index in [0.717, 1.165) is 41.8 Å². The van der Waals surface area contributed by atoms with Gasteiger partial charge in [0.05, 0.1) is 18.3 Å². The molecule has 0 spiro atoms. The van der Waals surface area contributed by atoms with Crippen LogP contribution in [-0.4, -0.2) is 23.6 Å². The lowest BCUT2D eigenvalue weighted by molar-refractivity contribution is 0.181. The van der Waals surface area contributed by atoms with Crippen LogP contribution in [0.5, 0.6) is 0 Å². The van der Waals surface area contributed by atoms with Gasteiger partial charge in [0.25, 0.3) is 0 Å². The van der Waals surface area contributed by atoms with Crippen LogP contribution in [0.1, 0.15) is 69.1 Å². The zero-order valence-corrected chi connectivity index (χ0v) is 16.0. The molecule has 136 valence electrons. The van der Waals surface area contributed by atoms with Gasteiger partial charge >= 0.3 is 0 Å². The molecule has 3 heterocycles. The first kappa shape index (κ1) is 17.9. The van der Waals surface area contributed by atoms with Crippen molar-refractivity contribution in [3.8, 4) is 0 Å². The van der Waals surface area contributed by atoms with Crippen LogP contribution in [0.3, 0.4) is 0 Å². The normalized spacial score (nSPS) is 18.6. The molecule has 0 radical (unpaired) electrons. The Morgan fingerprint density at radius 1 is 1.24 bits per heavy atom. The van der Waals surface area contributed by atoms with Gasteiger partial charge < -0.3 is 14.1 Å². The predicted octanol–water partition coefficient (Wildman–Crippen LogP) is 4.55. The van der Waals surface area contributed by atoms with Crippen molar-refractivity contribution >= 4 is 5.82 Å². The molecule has 25 heavy (non-hydrogen) atoms. The highest BCUT2D eigenvalue weighted by molar-refractivity contribution is 5.44. The van der Waals surface area contributed by atoms with E-state index in [4.69, 9.17) is 19.1 Å². The molecule has 2 aromatic rings. The van der Waals surface area contributed by atoms with Crippen LogP contribution in [0.4, 0.5) is 5.82 Å². The van der Waals surface area contributed by atoms with Crippen molar-refractivity contribution < 1.29 is 9.15 Å². The smallest absolute Gasteiger partial charge is 0.136 e. The van der Waals surface area contributed by atoms with Crippen molar-refractivity contribution in [3.05, 3.63) is 41.2 Å². The predicted molar refractivity (Wildman–Crippen MR) is 98.8 cm³/mol. The molecule has 1 saturated heterocycles. The highest BCUT2D eigenvalue weighted by atomic mass is 16.5. The molecule has 0 aliphatic carbocycles. The standard InChI is InChI=1S/C20H29N3O2/c1-14-9-10-17(25-14)16-8-6-7-11-23(16)18-12-15(13-24-5)21-19(22-18)20(2,3)4/h9-10,12,16H,6-8,11,13H2,1-5H3. The van der Waals surface area contributed by atoms with Gasteiger partial charge in [0, 0.05) is 25.1 Å². The maximum absolute atomic E-state index is 5.94. The van der Waals surface area contributed by atoms with Gasteiger partial charge in [0.2, 0.25) is 0 Å².